The highest BCUT2D eigenvalue weighted by molar-refractivity contribution is 5.01. The van der Waals surface area contributed by atoms with Crippen molar-refractivity contribution in [1.29, 1.82) is 0 Å². The number of rotatable bonds is 10. The maximum Gasteiger partial charge on any atom is 0.0492 e. The Morgan fingerprint density at radius 2 is 2.15 bits per heavy atom. The highest BCUT2D eigenvalue weighted by Crippen LogP contribution is 2.34. The molecule has 0 bridgehead atoms. The van der Waals surface area contributed by atoms with Gasteiger partial charge in [-0.2, -0.15) is 5.10 Å². The van der Waals surface area contributed by atoms with Gasteiger partial charge in [0.2, 0.25) is 0 Å². The molecule has 0 amide bonds. The molecule has 1 saturated carbocycles. The third-order valence-corrected chi connectivity index (χ3v) is 4.99. The molecule has 0 aliphatic heterocycles. The summed E-state index contributed by atoms with van der Waals surface area (Å²) in [6, 6.07) is 2.98. The normalized spacial score (nSPS) is 18.1. The van der Waals surface area contributed by atoms with Crippen LogP contribution in [0.2, 0.25) is 0 Å². The zero-order chi connectivity index (χ0) is 14.4. The van der Waals surface area contributed by atoms with Gasteiger partial charge in [0.25, 0.3) is 0 Å². The van der Waals surface area contributed by atoms with Crippen molar-refractivity contribution >= 4 is 0 Å². The fourth-order valence-corrected chi connectivity index (χ4v) is 3.02. The molecule has 1 unspecified atom stereocenters. The lowest BCUT2D eigenvalue weighted by molar-refractivity contribution is 0.210. The van der Waals surface area contributed by atoms with Gasteiger partial charge in [-0.15, -0.1) is 0 Å². The number of nitrogens with zero attached hydrogens (tertiary/aromatic N) is 2. The largest absolute Gasteiger partial charge is 0.313 e. The van der Waals surface area contributed by atoms with Crippen molar-refractivity contribution in [2.45, 2.75) is 71.3 Å². The molecule has 0 saturated heterocycles. The van der Waals surface area contributed by atoms with Gasteiger partial charge in [-0.1, -0.05) is 26.7 Å². The number of unbranched alkanes of at least 4 members (excludes halogenated alkanes) is 1. The summed E-state index contributed by atoms with van der Waals surface area (Å²) in [7, 11) is 2.05. The first-order valence-electron chi connectivity index (χ1n) is 8.39. The second-order valence-corrected chi connectivity index (χ2v) is 6.56. The molecule has 1 aromatic heterocycles. The minimum Gasteiger partial charge on any atom is -0.313 e. The van der Waals surface area contributed by atoms with E-state index in [1.165, 1.54) is 57.2 Å². The van der Waals surface area contributed by atoms with E-state index in [0.29, 0.717) is 5.41 Å². The number of nitrogens with one attached hydrogen (secondary N) is 1. The highest BCUT2D eigenvalue weighted by Gasteiger charge is 2.30. The fraction of sp³-hybridized carbons (Fsp3) is 0.824. The summed E-state index contributed by atoms with van der Waals surface area (Å²) in [5, 5.41) is 8.07. The summed E-state index contributed by atoms with van der Waals surface area (Å²) >= 11 is 0. The van der Waals surface area contributed by atoms with Gasteiger partial charge in [0, 0.05) is 31.5 Å². The Labute approximate surface area is 124 Å². The lowest BCUT2D eigenvalue weighted by Crippen LogP contribution is -2.35. The Hall–Kier alpha value is -0.830. The van der Waals surface area contributed by atoms with Crippen molar-refractivity contribution in [3.63, 3.8) is 0 Å². The minimum absolute atomic E-state index is 0.475. The molecule has 1 aliphatic carbocycles. The van der Waals surface area contributed by atoms with Crippen LogP contribution in [0.15, 0.2) is 12.3 Å². The van der Waals surface area contributed by atoms with Crippen LogP contribution in [0, 0.1) is 5.41 Å². The second-order valence-electron chi connectivity index (χ2n) is 6.56. The molecule has 0 aromatic carbocycles. The van der Waals surface area contributed by atoms with Crippen LogP contribution in [0.5, 0.6) is 0 Å². The highest BCUT2D eigenvalue weighted by atomic mass is 15.2. The van der Waals surface area contributed by atoms with E-state index in [2.05, 4.69) is 37.4 Å². The minimum atomic E-state index is 0.475. The van der Waals surface area contributed by atoms with Crippen molar-refractivity contribution < 1.29 is 0 Å². The second kappa shape index (κ2) is 7.26. The maximum atomic E-state index is 4.29. The number of hydrogen-bond donors (Lipinski definition) is 1. The molecule has 1 N–H and O–H groups in total. The van der Waals surface area contributed by atoms with Crippen molar-refractivity contribution in [3.05, 3.63) is 18.0 Å². The van der Waals surface area contributed by atoms with E-state index in [-0.39, 0.29) is 0 Å². The van der Waals surface area contributed by atoms with E-state index >= 15 is 0 Å². The predicted molar refractivity (Wildman–Crippen MR) is 84.8 cm³/mol. The van der Waals surface area contributed by atoms with Crippen molar-refractivity contribution in [2.75, 3.05) is 6.54 Å². The zero-order valence-corrected chi connectivity index (χ0v) is 13.5. The van der Waals surface area contributed by atoms with E-state index < -0.39 is 0 Å². The Morgan fingerprint density at radius 1 is 1.35 bits per heavy atom. The van der Waals surface area contributed by atoms with Crippen LogP contribution in [0.4, 0.5) is 0 Å². The van der Waals surface area contributed by atoms with Gasteiger partial charge >= 0.3 is 0 Å². The lowest BCUT2D eigenvalue weighted by atomic mass is 9.76. The van der Waals surface area contributed by atoms with Crippen LogP contribution < -0.4 is 5.32 Å². The Kier molecular flexibility index (Phi) is 5.64. The molecule has 1 heterocycles. The third-order valence-electron chi connectivity index (χ3n) is 4.99. The van der Waals surface area contributed by atoms with Gasteiger partial charge in [0.05, 0.1) is 0 Å². The van der Waals surface area contributed by atoms with E-state index in [9.17, 15) is 0 Å². The molecule has 3 nitrogen and oxygen atoms in total. The predicted octanol–water partition coefficient (Wildman–Crippen LogP) is 3.69. The summed E-state index contributed by atoms with van der Waals surface area (Å²) in [5.74, 6) is 0. The van der Waals surface area contributed by atoms with Crippen molar-refractivity contribution in [1.82, 2.24) is 15.1 Å². The van der Waals surface area contributed by atoms with E-state index in [1.54, 1.807) is 0 Å². The van der Waals surface area contributed by atoms with Crippen LogP contribution in [0.25, 0.3) is 0 Å². The summed E-state index contributed by atoms with van der Waals surface area (Å²) in [6.45, 7) is 5.87. The molecule has 0 spiro atoms. The summed E-state index contributed by atoms with van der Waals surface area (Å²) in [4.78, 5) is 0. The van der Waals surface area contributed by atoms with Crippen molar-refractivity contribution in [3.8, 4) is 0 Å². The summed E-state index contributed by atoms with van der Waals surface area (Å²) < 4.78 is 2.02. The van der Waals surface area contributed by atoms with Crippen LogP contribution in [0.3, 0.4) is 0 Å². The van der Waals surface area contributed by atoms with Gasteiger partial charge in [-0.25, -0.2) is 0 Å². The average molecular weight is 277 g/mol. The smallest absolute Gasteiger partial charge is 0.0492 e. The first kappa shape index (κ1) is 15.6. The molecule has 3 heteroatoms. The quantitative estimate of drug-likeness (QED) is 0.707. The summed E-state index contributed by atoms with van der Waals surface area (Å²) in [5.41, 5.74) is 1.84. The molecular weight excluding hydrogens is 246 g/mol. The van der Waals surface area contributed by atoms with Crippen LogP contribution in [-0.4, -0.2) is 22.4 Å². The first-order valence-corrected chi connectivity index (χ1v) is 8.39. The van der Waals surface area contributed by atoms with Crippen molar-refractivity contribution in [2.24, 2.45) is 12.5 Å². The van der Waals surface area contributed by atoms with Gasteiger partial charge in [0.15, 0.2) is 0 Å². The molecule has 114 valence electrons. The van der Waals surface area contributed by atoms with Gasteiger partial charge in [-0.05, 0) is 50.0 Å². The molecule has 1 atom stereocenters. The van der Waals surface area contributed by atoms with Crippen LogP contribution >= 0.6 is 0 Å². The third kappa shape index (κ3) is 4.34. The molecule has 1 aliphatic rings. The SMILES string of the molecule is CCCCC(CC)(CCc1ccnn1C)CNC1CC1. The summed E-state index contributed by atoms with van der Waals surface area (Å²) in [6.07, 6.45) is 12.4. The first-order chi connectivity index (χ1) is 9.69. The Bertz CT molecular complexity index is 395. The van der Waals surface area contributed by atoms with E-state index in [0.717, 1.165) is 12.5 Å². The standard InChI is InChI=1S/C17H31N3/c1-4-6-11-17(5-2,14-18-15-7-8-15)12-9-16-10-13-19-20(16)3/h10,13,15,18H,4-9,11-12,14H2,1-3H3. The Balaban J connectivity index is 1.93. The Morgan fingerprint density at radius 3 is 2.70 bits per heavy atom. The molecule has 2 rings (SSSR count). The monoisotopic (exact) mass is 277 g/mol. The molecule has 0 radical (unpaired) electrons. The molecule has 1 aromatic rings. The fourth-order valence-electron chi connectivity index (χ4n) is 3.02. The molecule has 1 fully saturated rings. The van der Waals surface area contributed by atoms with Gasteiger partial charge < -0.3 is 5.32 Å². The van der Waals surface area contributed by atoms with Crippen LogP contribution in [0.1, 0.15) is 64.5 Å². The molecule has 20 heavy (non-hydrogen) atoms. The average Bonchev–Trinajstić information content (AvgIpc) is 3.21. The van der Waals surface area contributed by atoms with Gasteiger partial charge in [0.1, 0.15) is 0 Å². The zero-order valence-electron chi connectivity index (χ0n) is 13.5. The topological polar surface area (TPSA) is 29.9 Å². The molecular formula is C17H31N3. The van der Waals surface area contributed by atoms with Crippen LogP contribution in [-0.2, 0) is 13.5 Å². The number of aryl methyl sites for hydroxylation is 2. The maximum absolute atomic E-state index is 4.29. The van der Waals surface area contributed by atoms with E-state index in [1.807, 2.05) is 10.9 Å². The number of hydrogen-bond acceptors (Lipinski definition) is 2. The lowest BCUT2D eigenvalue weighted by Gasteiger charge is -2.33. The number of aromatic nitrogens is 2. The van der Waals surface area contributed by atoms with Gasteiger partial charge in [-0.3, -0.25) is 4.68 Å². The van der Waals surface area contributed by atoms with E-state index in [4.69, 9.17) is 0 Å².